The number of benzene rings is 3. The Morgan fingerprint density at radius 1 is 0.750 bits per heavy atom. The number of Topliss-reactive ketones (excluding diaryl/α,β-unsaturated/α-hetero) is 1. The summed E-state index contributed by atoms with van der Waals surface area (Å²) in [6.45, 7) is 0.800. The van der Waals surface area contributed by atoms with Crippen LogP contribution < -0.4 is 37.9 Å². The molecule has 3 aliphatic rings. The van der Waals surface area contributed by atoms with Gasteiger partial charge in [-0.15, -0.1) is 0 Å². The van der Waals surface area contributed by atoms with Crippen LogP contribution in [0.4, 0.5) is 0 Å². The summed E-state index contributed by atoms with van der Waals surface area (Å²) in [7, 11) is 6.11. The molecule has 6 rings (SSSR count). The smallest absolute Gasteiger partial charge is 0.312 e. The van der Waals surface area contributed by atoms with Gasteiger partial charge in [0.25, 0.3) is 0 Å². The van der Waals surface area contributed by atoms with E-state index >= 15 is 0 Å². The fourth-order valence-corrected chi connectivity index (χ4v) is 5.19. The molecule has 0 spiro atoms. The summed E-state index contributed by atoms with van der Waals surface area (Å²) in [5.41, 5.74) is 2.25. The van der Waals surface area contributed by atoms with Crippen molar-refractivity contribution in [1.29, 1.82) is 0 Å². The van der Waals surface area contributed by atoms with Crippen LogP contribution >= 0.6 is 0 Å². The zero-order valence-corrected chi connectivity index (χ0v) is 22.3. The van der Waals surface area contributed by atoms with E-state index in [2.05, 4.69) is 0 Å². The monoisotopic (exact) mass is 546 g/mol. The van der Waals surface area contributed by atoms with Gasteiger partial charge in [-0.25, -0.2) is 0 Å². The summed E-state index contributed by atoms with van der Waals surface area (Å²) in [5, 5.41) is 0. The molecule has 1 atom stereocenters. The van der Waals surface area contributed by atoms with Gasteiger partial charge in [-0.05, 0) is 42.0 Å². The molecule has 0 saturated carbocycles. The first-order valence-corrected chi connectivity index (χ1v) is 12.5. The summed E-state index contributed by atoms with van der Waals surface area (Å²) in [6, 6.07) is 10.2. The normalized spacial score (nSPS) is 17.9. The van der Waals surface area contributed by atoms with Gasteiger partial charge in [0, 0.05) is 23.1 Å². The molecule has 0 aromatic heterocycles. The molecule has 0 amide bonds. The second-order valence-electron chi connectivity index (χ2n) is 9.22. The van der Waals surface area contributed by atoms with Crippen LogP contribution in [0, 0.1) is 0 Å². The molecule has 10 heteroatoms. The summed E-state index contributed by atoms with van der Waals surface area (Å²) in [5.74, 6) is 2.47. The molecule has 10 nitrogen and oxygen atoms in total. The molecule has 206 valence electrons. The lowest BCUT2D eigenvalue weighted by atomic mass is 9.84. The zero-order valence-electron chi connectivity index (χ0n) is 22.3. The lowest BCUT2D eigenvalue weighted by molar-refractivity contribution is -0.135. The Hall–Kier alpha value is -4.86. The van der Waals surface area contributed by atoms with Gasteiger partial charge >= 0.3 is 5.97 Å². The molecule has 0 radical (unpaired) electrons. The summed E-state index contributed by atoms with van der Waals surface area (Å²) in [4.78, 5) is 26.2. The lowest BCUT2D eigenvalue weighted by Crippen LogP contribution is -2.22. The number of esters is 1. The average molecular weight is 547 g/mol. The highest BCUT2D eigenvalue weighted by Crippen LogP contribution is 2.51. The van der Waals surface area contributed by atoms with Crippen LogP contribution in [0.5, 0.6) is 46.0 Å². The number of carbonyl (C=O) groups excluding carboxylic acids is 2. The van der Waals surface area contributed by atoms with E-state index in [1.165, 1.54) is 21.3 Å². The predicted molar refractivity (Wildman–Crippen MR) is 142 cm³/mol. The molecule has 0 saturated heterocycles. The Kier molecular flexibility index (Phi) is 6.37. The SMILES string of the molecule is COc1cc(OC)c(OC)cc1/C=C1\Oc2c(ccc3c2[C@@H](c2cc(OC)c4c(c2)OCCO4)CC(=O)O3)C1=O. The van der Waals surface area contributed by atoms with Crippen molar-refractivity contribution in [2.75, 3.05) is 41.7 Å². The minimum absolute atomic E-state index is 0.0341. The molecule has 3 aliphatic heterocycles. The molecule has 0 N–H and O–H groups in total. The second-order valence-corrected chi connectivity index (χ2v) is 9.22. The third-order valence-electron chi connectivity index (χ3n) is 7.05. The standard InChI is InChI=1S/C30H26O10/c1-33-20-14-22(35-3)21(34-2)11-16(20)12-23-28(32)17-5-6-19-27(29(17)40-23)18(13-26(31)39-19)15-9-24(36-4)30-25(10-15)37-7-8-38-30/h5-6,9-12,14,18H,7-8,13H2,1-4H3/b23-12-/t18-/m1/s1. The number of ketones is 1. The predicted octanol–water partition coefficient (Wildman–Crippen LogP) is 4.55. The molecule has 0 unspecified atom stereocenters. The molecule has 0 aliphatic carbocycles. The van der Waals surface area contributed by atoms with Gasteiger partial charge in [-0.2, -0.15) is 0 Å². The number of ether oxygens (including phenoxy) is 8. The highest BCUT2D eigenvalue weighted by Gasteiger charge is 2.39. The third-order valence-corrected chi connectivity index (χ3v) is 7.05. The van der Waals surface area contributed by atoms with Crippen LogP contribution in [0.25, 0.3) is 6.08 Å². The van der Waals surface area contributed by atoms with Crippen molar-refractivity contribution in [2.45, 2.75) is 12.3 Å². The Bertz CT molecular complexity index is 1550. The highest BCUT2D eigenvalue weighted by atomic mass is 16.6. The molecule has 40 heavy (non-hydrogen) atoms. The zero-order chi connectivity index (χ0) is 28.0. The largest absolute Gasteiger partial charge is 0.496 e. The number of allylic oxidation sites excluding steroid dienone is 1. The first-order chi connectivity index (χ1) is 19.4. The van der Waals surface area contributed by atoms with E-state index in [1.54, 1.807) is 37.5 Å². The van der Waals surface area contributed by atoms with E-state index in [4.69, 9.17) is 37.9 Å². The fraction of sp³-hybridized carbons (Fsp3) is 0.267. The first-order valence-electron chi connectivity index (χ1n) is 12.5. The van der Waals surface area contributed by atoms with Crippen LogP contribution in [-0.4, -0.2) is 53.4 Å². The van der Waals surface area contributed by atoms with Gasteiger partial charge in [0.15, 0.2) is 28.8 Å². The molecule has 3 heterocycles. The maximum absolute atomic E-state index is 13.5. The molecule has 3 aromatic rings. The van der Waals surface area contributed by atoms with Crippen LogP contribution in [0.2, 0.25) is 0 Å². The number of carbonyl (C=O) groups is 2. The van der Waals surface area contributed by atoms with E-state index in [0.717, 1.165) is 5.56 Å². The van der Waals surface area contributed by atoms with Crippen LogP contribution in [0.1, 0.15) is 39.4 Å². The van der Waals surface area contributed by atoms with Gasteiger partial charge in [0.1, 0.15) is 30.5 Å². The Balaban J connectivity index is 1.45. The fourth-order valence-electron chi connectivity index (χ4n) is 5.19. The van der Waals surface area contributed by atoms with Crippen molar-refractivity contribution >= 4 is 17.8 Å². The van der Waals surface area contributed by atoms with Crippen molar-refractivity contribution < 1.29 is 47.5 Å². The number of rotatable bonds is 6. The number of fused-ring (bicyclic) bond motifs is 4. The minimum atomic E-state index is -0.487. The number of hydrogen-bond donors (Lipinski definition) is 0. The van der Waals surface area contributed by atoms with E-state index < -0.39 is 11.9 Å². The third kappa shape index (κ3) is 4.12. The Labute approximate surface area is 229 Å². The molecule has 0 fully saturated rings. The summed E-state index contributed by atoms with van der Waals surface area (Å²) >= 11 is 0. The summed E-state index contributed by atoms with van der Waals surface area (Å²) in [6.07, 6.45) is 1.62. The van der Waals surface area contributed by atoms with Crippen LogP contribution in [0.3, 0.4) is 0 Å². The van der Waals surface area contributed by atoms with Crippen LogP contribution in [0.15, 0.2) is 42.2 Å². The van der Waals surface area contributed by atoms with Crippen molar-refractivity contribution in [3.8, 4) is 46.0 Å². The maximum Gasteiger partial charge on any atom is 0.312 e. The average Bonchev–Trinajstić information content (AvgIpc) is 3.30. The topological polar surface area (TPSA) is 108 Å². The quantitative estimate of drug-likeness (QED) is 0.248. The number of hydrogen-bond acceptors (Lipinski definition) is 10. The van der Waals surface area contributed by atoms with Crippen molar-refractivity contribution in [2.24, 2.45) is 0 Å². The van der Waals surface area contributed by atoms with Gasteiger partial charge in [-0.3, -0.25) is 9.59 Å². The van der Waals surface area contributed by atoms with E-state index in [-0.39, 0.29) is 18.0 Å². The molecule has 0 bridgehead atoms. The molecular formula is C30H26O10. The van der Waals surface area contributed by atoms with Crippen molar-refractivity contribution in [1.82, 2.24) is 0 Å². The van der Waals surface area contributed by atoms with E-state index in [9.17, 15) is 9.59 Å². The van der Waals surface area contributed by atoms with Crippen LogP contribution in [-0.2, 0) is 4.79 Å². The second kappa shape index (κ2) is 10.0. The van der Waals surface area contributed by atoms with Crippen molar-refractivity contribution in [3.63, 3.8) is 0 Å². The molecular weight excluding hydrogens is 520 g/mol. The maximum atomic E-state index is 13.5. The van der Waals surface area contributed by atoms with Gasteiger partial charge in [0.05, 0.1) is 40.4 Å². The first kappa shape index (κ1) is 25.4. The lowest BCUT2D eigenvalue weighted by Gasteiger charge is -2.28. The number of methoxy groups -OCH3 is 4. The van der Waals surface area contributed by atoms with Crippen molar-refractivity contribution in [3.05, 3.63) is 64.4 Å². The minimum Gasteiger partial charge on any atom is -0.496 e. The van der Waals surface area contributed by atoms with E-state index in [1.807, 2.05) is 12.1 Å². The van der Waals surface area contributed by atoms with Gasteiger partial charge in [0.2, 0.25) is 11.5 Å². The Morgan fingerprint density at radius 3 is 2.23 bits per heavy atom. The molecule has 3 aromatic carbocycles. The highest BCUT2D eigenvalue weighted by molar-refractivity contribution is 6.15. The van der Waals surface area contributed by atoms with E-state index in [0.29, 0.717) is 75.9 Å². The summed E-state index contributed by atoms with van der Waals surface area (Å²) < 4.78 is 45.2. The van der Waals surface area contributed by atoms with Gasteiger partial charge in [-0.1, -0.05) is 0 Å². The Morgan fingerprint density at radius 2 is 1.48 bits per heavy atom. The van der Waals surface area contributed by atoms with Gasteiger partial charge < -0.3 is 37.9 Å².